The fourth-order valence-electron chi connectivity index (χ4n) is 4.91. The van der Waals surface area contributed by atoms with Gasteiger partial charge >= 0.3 is 12.2 Å². The molecule has 0 amide bonds. The molecule has 2 N–H and O–H groups in total. The van der Waals surface area contributed by atoms with Crippen molar-refractivity contribution < 1.29 is 22.3 Å². The third kappa shape index (κ3) is 4.50. The summed E-state index contributed by atoms with van der Waals surface area (Å²) in [6.07, 6.45) is -4.54. The van der Waals surface area contributed by atoms with Crippen LogP contribution in [0.3, 0.4) is 0 Å². The summed E-state index contributed by atoms with van der Waals surface area (Å²) in [6.45, 7) is 5.02. The van der Waals surface area contributed by atoms with Crippen molar-refractivity contribution >= 4 is 33.8 Å². The molecule has 0 unspecified atom stereocenters. The summed E-state index contributed by atoms with van der Waals surface area (Å²) in [7, 11) is 0. The van der Waals surface area contributed by atoms with E-state index in [0.717, 1.165) is 28.9 Å². The van der Waals surface area contributed by atoms with E-state index in [2.05, 4.69) is 32.4 Å². The number of thiazole rings is 1. The Morgan fingerprint density at radius 1 is 1.07 bits per heavy atom. The van der Waals surface area contributed by atoms with Crippen molar-refractivity contribution in [3.8, 4) is 11.6 Å². The molecule has 4 heterocycles. The summed E-state index contributed by atoms with van der Waals surface area (Å²) in [6, 6.07) is 17.4. The van der Waals surface area contributed by atoms with Crippen molar-refractivity contribution in [2.45, 2.75) is 30.9 Å². The third-order valence-corrected chi connectivity index (χ3v) is 8.01. The minimum atomic E-state index is -4.60. The van der Waals surface area contributed by atoms with Crippen molar-refractivity contribution in [1.82, 2.24) is 15.2 Å². The van der Waals surface area contributed by atoms with Crippen LogP contribution in [-0.2, 0) is 10.9 Å². The molecular weight excluding hydrogens is 543 g/mol. The molecule has 9 nitrogen and oxygen atoms in total. The van der Waals surface area contributed by atoms with E-state index in [1.807, 2.05) is 59.5 Å². The van der Waals surface area contributed by atoms with Crippen LogP contribution in [0, 0.1) is 0 Å². The summed E-state index contributed by atoms with van der Waals surface area (Å²) in [4.78, 5) is 10.7. The Morgan fingerprint density at radius 2 is 1.88 bits per heavy atom. The van der Waals surface area contributed by atoms with Crippen molar-refractivity contribution in [3.63, 3.8) is 0 Å². The average Bonchev–Trinajstić information content (AvgIpc) is 3.42. The lowest BCUT2D eigenvalue weighted by Gasteiger charge is -2.27. The first-order chi connectivity index (χ1) is 19.3. The zero-order valence-corrected chi connectivity index (χ0v) is 21.7. The van der Waals surface area contributed by atoms with Crippen LogP contribution in [0.5, 0.6) is 0 Å². The number of fused-ring (bicyclic) bond motifs is 2. The number of ether oxygens (including phenoxy) is 1. The number of benzodiazepines with no additional fused rings is 1. The van der Waals surface area contributed by atoms with Gasteiger partial charge in [0.1, 0.15) is 5.00 Å². The molecule has 40 heavy (non-hydrogen) atoms. The van der Waals surface area contributed by atoms with Crippen molar-refractivity contribution in [2.24, 2.45) is 4.99 Å². The van der Waals surface area contributed by atoms with Crippen LogP contribution < -0.4 is 15.5 Å². The van der Waals surface area contributed by atoms with E-state index in [-0.39, 0.29) is 29.7 Å². The lowest BCUT2D eigenvalue weighted by atomic mass is 10.0. The number of hydrogen-bond acceptors (Lipinski definition) is 10. The first kappa shape index (κ1) is 24.8. The number of hydrogen-bond donors (Lipinski definition) is 2. The first-order valence-corrected chi connectivity index (χ1v) is 13.4. The van der Waals surface area contributed by atoms with Crippen LogP contribution in [0.15, 0.2) is 76.3 Å². The number of morpholine rings is 1. The minimum Gasteiger partial charge on any atom is -0.402 e. The number of halogens is 3. The number of anilines is 3. The van der Waals surface area contributed by atoms with E-state index >= 15 is 0 Å². The topological polar surface area (TPSA) is 101 Å². The standard InChI is InChI=1S/C27H22F3N7O2S/c1-14-22(32-20(15-7-3-2-4-8-15)16-9-5-6-10-17(16)31-14)34-26-36-35-23(39-26)21-24(40-25(33-21)27(28,29)30)37-11-12-38-19-13-18(19)37/h2-10,18-19,22,31H,1,11-13H2,(H,34,36)/t18-,19+,22-/m1/s1. The number of aromatic nitrogens is 3. The predicted octanol–water partition coefficient (Wildman–Crippen LogP) is 5.40. The summed E-state index contributed by atoms with van der Waals surface area (Å²) in [5.74, 6) is -0.115. The van der Waals surface area contributed by atoms with Gasteiger partial charge in [-0.3, -0.25) is 4.99 Å². The van der Waals surface area contributed by atoms with Gasteiger partial charge in [0.05, 0.1) is 30.2 Å². The monoisotopic (exact) mass is 565 g/mol. The Morgan fingerprint density at radius 3 is 2.70 bits per heavy atom. The second-order valence-electron chi connectivity index (χ2n) is 9.58. The number of rotatable bonds is 5. The lowest BCUT2D eigenvalue weighted by Crippen LogP contribution is -2.36. The maximum Gasteiger partial charge on any atom is 0.443 e. The van der Waals surface area contributed by atoms with E-state index < -0.39 is 17.3 Å². The molecule has 3 aliphatic rings. The smallest absolute Gasteiger partial charge is 0.402 e. The van der Waals surface area contributed by atoms with Crippen molar-refractivity contribution in [3.05, 3.63) is 83.0 Å². The highest BCUT2D eigenvalue weighted by atomic mass is 32.1. The number of benzene rings is 2. The molecule has 2 aromatic heterocycles. The van der Waals surface area contributed by atoms with Crippen molar-refractivity contribution in [2.75, 3.05) is 28.7 Å². The zero-order chi connectivity index (χ0) is 27.4. The minimum absolute atomic E-state index is 0.00382. The number of alkyl halides is 3. The Hall–Kier alpha value is -4.23. The van der Waals surface area contributed by atoms with Crippen LogP contribution in [0.4, 0.5) is 29.9 Å². The van der Waals surface area contributed by atoms with Gasteiger partial charge in [0.15, 0.2) is 11.9 Å². The average molecular weight is 566 g/mol. The van der Waals surface area contributed by atoms with Gasteiger partial charge in [-0.25, -0.2) is 4.98 Å². The fourth-order valence-corrected chi connectivity index (χ4v) is 5.92. The number of nitrogens with zero attached hydrogens (tertiary/aromatic N) is 5. The quantitative estimate of drug-likeness (QED) is 0.332. The van der Waals surface area contributed by atoms with Crippen LogP contribution in [0.1, 0.15) is 22.6 Å². The fraction of sp³-hybridized carbons (Fsp3) is 0.259. The SMILES string of the molecule is C=C1Nc2ccccc2C(c2ccccc2)=N[C@@H]1Nc1nnc(-c2nc(C(F)(F)F)sc2N2CCO[C@H]3C[C@H]32)o1. The maximum atomic E-state index is 13.7. The highest BCUT2D eigenvalue weighted by molar-refractivity contribution is 7.16. The molecule has 0 bridgehead atoms. The highest BCUT2D eigenvalue weighted by Gasteiger charge is 2.48. The first-order valence-electron chi connectivity index (χ1n) is 12.6. The molecule has 0 spiro atoms. The lowest BCUT2D eigenvalue weighted by molar-refractivity contribution is -0.137. The molecule has 13 heteroatoms. The highest BCUT2D eigenvalue weighted by Crippen LogP contribution is 2.47. The summed E-state index contributed by atoms with van der Waals surface area (Å²) >= 11 is 0.577. The van der Waals surface area contributed by atoms with Crippen LogP contribution >= 0.6 is 11.3 Å². The number of nitrogens with one attached hydrogen (secondary N) is 2. The number of aliphatic imine (C=N–C) groups is 1. The molecule has 3 atom stereocenters. The van der Waals surface area contributed by atoms with E-state index in [1.165, 1.54) is 0 Å². The Balaban J connectivity index is 1.22. The molecule has 1 aliphatic carbocycles. The molecule has 204 valence electrons. The summed E-state index contributed by atoms with van der Waals surface area (Å²) in [5, 5.41) is 13.9. The van der Waals surface area contributed by atoms with Gasteiger partial charge in [0.2, 0.25) is 5.01 Å². The normalized spacial score (nSPS) is 22.1. The molecule has 2 aromatic carbocycles. The van der Waals surface area contributed by atoms with Crippen LogP contribution in [0.2, 0.25) is 0 Å². The van der Waals surface area contributed by atoms with Crippen LogP contribution in [-0.4, -0.2) is 52.4 Å². The molecule has 1 saturated carbocycles. The molecule has 2 aliphatic heterocycles. The second kappa shape index (κ2) is 9.45. The van der Waals surface area contributed by atoms with Gasteiger partial charge < -0.3 is 24.7 Å². The second-order valence-corrected chi connectivity index (χ2v) is 10.6. The predicted molar refractivity (Wildman–Crippen MR) is 145 cm³/mol. The van der Waals surface area contributed by atoms with Gasteiger partial charge in [-0.1, -0.05) is 71.5 Å². The molecule has 2 fully saturated rings. The maximum absolute atomic E-state index is 13.7. The zero-order valence-electron chi connectivity index (χ0n) is 20.9. The Bertz CT molecular complexity index is 1620. The van der Waals surface area contributed by atoms with Gasteiger partial charge in [-0.05, 0) is 12.5 Å². The van der Waals surface area contributed by atoms with Gasteiger partial charge in [-0.15, -0.1) is 5.10 Å². The summed E-state index contributed by atoms with van der Waals surface area (Å²) < 4.78 is 52.4. The molecule has 4 aromatic rings. The molecule has 7 rings (SSSR count). The Labute approximate surface area is 230 Å². The third-order valence-electron chi connectivity index (χ3n) is 6.88. The van der Waals surface area contributed by atoms with Crippen LogP contribution in [0.25, 0.3) is 11.6 Å². The van der Waals surface area contributed by atoms with Gasteiger partial charge in [0.25, 0.3) is 5.89 Å². The van der Waals surface area contributed by atoms with Crippen molar-refractivity contribution in [1.29, 1.82) is 0 Å². The summed E-state index contributed by atoms with van der Waals surface area (Å²) in [5.41, 5.74) is 3.88. The Kier molecular flexibility index (Phi) is 5.86. The van der Waals surface area contributed by atoms with E-state index in [1.54, 1.807) is 0 Å². The van der Waals surface area contributed by atoms with Gasteiger partial charge in [-0.2, -0.15) is 13.2 Å². The van der Waals surface area contributed by atoms with E-state index in [9.17, 15) is 13.2 Å². The largest absolute Gasteiger partial charge is 0.443 e. The molecular formula is C27H22F3N7O2S. The van der Waals surface area contributed by atoms with E-state index in [0.29, 0.717) is 35.2 Å². The molecule has 0 radical (unpaired) electrons. The van der Waals surface area contributed by atoms with Gasteiger partial charge in [0, 0.05) is 23.4 Å². The van der Waals surface area contributed by atoms with E-state index in [4.69, 9.17) is 14.1 Å². The molecule has 1 saturated heterocycles. The number of para-hydroxylation sites is 1.